The maximum atomic E-state index is 10.6. The molecule has 0 amide bonds. The summed E-state index contributed by atoms with van der Waals surface area (Å²) < 4.78 is 2.00. The zero-order valence-electron chi connectivity index (χ0n) is 21.8. The Hall–Kier alpha value is -3.42. The first-order chi connectivity index (χ1) is 18.0. The third-order valence-electron chi connectivity index (χ3n) is 7.14. The van der Waals surface area contributed by atoms with Gasteiger partial charge in [-0.05, 0) is 39.5 Å². The monoisotopic (exact) mass is 503 g/mol. The van der Waals surface area contributed by atoms with Crippen LogP contribution in [0.4, 0.5) is 23.4 Å². The molecule has 0 spiro atoms. The molecule has 10 heteroatoms. The lowest BCUT2D eigenvalue weighted by Crippen LogP contribution is -2.38. The van der Waals surface area contributed by atoms with Gasteiger partial charge in [-0.1, -0.05) is 0 Å². The van der Waals surface area contributed by atoms with Gasteiger partial charge in [-0.2, -0.15) is 15.1 Å². The van der Waals surface area contributed by atoms with E-state index in [2.05, 4.69) is 49.9 Å². The predicted molar refractivity (Wildman–Crippen MR) is 147 cm³/mol. The Labute approximate surface area is 218 Å². The van der Waals surface area contributed by atoms with E-state index >= 15 is 0 Å². The molecule has 2 fully saturated rings. The predicted octanol–water partition coefficient (Wildman–Crippen LogP) is 3.39. The number of aliphatic hydroxyl groups is 1. The summed E-state index contributed by atoms with van der Waals surface area (Å²) in [6.45, 7) is 9.42. The molecule has 2 saturated heterocycles. The molecular weight excluding hydrogens is 466 g/mol. The summed E-state index contributed by atoms with van der Waals surface area (Å²) in [5.74, 6) is 5.73. The van der Waals surface area contributed by atoms with Gasteiger partial charge in [-0.3, -0.25) is 9.58 Å². The standard InChI is InChI=1S/C27H37N9O/c1-4-5-9-26(37)34-13-8-12-33(14-15-34)25-17-24(31-27(32-25)35-10-6-7-11-35)30-23-16-22-21(18-28-23)19-29-36(22)20(2)3/h1,16-20,26,37H,5-15H2,2-3H3,(H,28,30,31,32). The molecule has 3 aromatic heterocycles. The van der Waals surface area contributed by atoms with Gasteiger partial charge >= 0.3 is 0 Å². The van der Waals surface area contributed by atoms with Crippen LogP contribution in [0.5, 0.6) is 0 Å². The molecule has 2 N–H and O–H groups in total. The van der Waals surface area contributed by atoms with E-state index in [0.717, 1.165) is 92.8 Å². The van der Waals surface area contributed by atoms with E-state index in [1.54, 1.807) is 0 Å². The van der Waals surface area contributed by atoms with E-state index < -0.39 is 6.23 Å². The number of terminal acetylenes is 1. The summed E-state index contributed by atoms with van der Waals surface area (Å²) in [4.78, 5) is 21.1. The van der Waals surface area contributed by atoms with Crippen LogP contribution in [0.3, 0.4) is 0 Å². The van der Waals surface area contributed by atoms with Gasteiger partial charge in [0.25, 0.3) is 0 Å². The highest BCUT2D eigenvalue weighted by Gasteiger charge is 2.23. The van der Waals surface area contributed by atoms with Gasteiger partial charge in [-0.25, -0.2) is 4.98 Å². The van der Waals surface area contributed by atoms with Crippen LogP contribution in [0, 0.1) is 12.3 Å². The Kier molecular flexibility index (Phi) is 7.72. The number of aromatic nitrogens is 5. The van der Waals surface area contributed by atoms with Gasteiger partial charge in [0, 0.05) is 75.4 Å². The van der Waals surface area contributed by atoms with Crippen molar-refractivity contribution in [2.75, 3.05) is 54.4 Å². The maximum absolute atomic E-state index is 10.6. The molecule has 1 unspecified atom stereocenters. The fourth-order valence-electron chi connectivity index (χ4n) is 5.12. The zero-order chi connectivity index (χ0) is 25.8. The van der Waals surface area contributed by atoms with E-state index in [4.69, 9.17) is 16.4 Å². The second kappa shape index (κ2) is 11.3. The van der Waals surface area contributed by atoms with Crippen LogP contribution >= 0.6 is 0 Å². The lowest BCUT2D eigenvalue weighted by Gasteiger charge is -2.27. The Morgan fingerprint density at radius 1 is 0.973 bits per heavy atom. The molecule has 5 rings (SSSR count). The van der Waals surface area contributed by atoms with Crippen molar-refractivity contribution >= 4 is 34.3 Å². The summed E-state index contributed by atoms with van der Waals surface area (Å²) in [6, 6.07) is 4.30. The normalized spacial score (nSPS) is 17.8. The van der Waals surface area contributed by atoms with E-state index in [9.17, 15) is 5.11 Å². The number of nitrogens with zero attached hydrogens (tertiary/aromatic N) is 8. The van der Waals surface area contributed by atoms with Crippen molar-refractivity contribution in [1.82, 2.24) is 29.6 Å². The summed E-state index contributed by atoms with van der Waals surface area (Å²) in [6.07, 6.45) is 13.0. The Morgan fingerprint density at radius 2 is 1.78 bits per heavy atom. The number of hydrogen-bond acceptors (Lipinski definition) is 9. The van der Waals surface area contributed by atoms with Crippen molar-refractivity contribution < 1.29 is 5.11 Å². The molecule has 0 aliphatic carbocycles. The Bertz CT molecular complexity index is 1240. The van der Waals surface area contributed by atoms with Gasteiger partial charge in [0.15, 0.2) is 0 Å². The van der Waals surface area contributed by atoms with E-state index in [0.29, 0.717) is 12.8 Å². The smallest absolute Gasteiger partial charge is 0.229 e. The largest absolute Gasteiger partial charge is 0.378 e. The van der Waals surface area contributed by atoms with Crippen LogP contribution in [0.2, 0.25) is 0 Å². The lowest BCUT2D eigenvalue weighted by molar-refractivity contribution is 0.00336. The molecule has 3 aromatic rings. The number of anilines is 4. The highest BCUT2D eigenvalue weighted by molar-refractivity contribution is 5.81. The maximum Gasteiger partial charge on any atom is 0.229 e. The van der Waals surface area contributed by atoms with Gasteiger partial charge < -0.3 is 20.2 Å². The van der Waals surface area contributed by atoms with Crippen molar-refractivity contribution in [2.24, 2.45) is 0 Å². The quantitative estimate of drug-likeness (QED) is 0.448. The van der Waals surface area contributed by atoms with Crippen LogP contribution in [0.1, 0.15) is 52.0 Å². The fourth-order valence-corrected chi connectivity index (χ4v) is 5.12. The average Bonchev–Trinajstić information content (AvgIpc) is 3.52. The molecule has 196 valence electrons. The van der Waals surface area contributed by atoms with Crippen LogP contribution < -0.4 is 15.1 Å². The van der Waals surface area contributed by atoms with Gasteiger partial charge in [0.05, 0.1) is 11.7 Å². The highest BCUT2D eigenvalue weighted by atomic mass is 16.3. The molecule has 10 nitrogen and oxygen atoms in total. The van der Waals surface area contributed by atoms with Crippen LogP contribution in [-0.4, -0.2) is 80.2 Å². The number of fused-ring (bicyclic) bond motifs is 1. The minimum Gasteiger partial charge on any atom is -0.378 e. The summed E-state index contributed by atoms with van der Waals surface area (Å²) in [7, 11) is 0. The molecule has 2 aliphatic rings. The zero-order valence-corrected chi connectivity index (χ0v) is 21.8. The first-order valence-electron chi connectivity index (χ1n) is 13.4. The minimum absolute atomic E-state index is 0.257. The van der Waals surface area contributed by atoms with Crippen molar-refractivity contribution in [3.8, 4) is 12.3 Å². The molecule has 1 atom stereocenters. The van der Waals surface area contributed by atoms with Crippen molar-refractivity contribution in [3.63, 3.8) is 0 Å². The SMILES string of the molecule is C#CCCC(O)N1CCCN(c2cc(Nc3cc4c(cn3)cnn4C(C)C)nc(N3CCCC3)n2)CC1. The van der Waals surface area contributed by atoms with Crippen molar-refractivity contribution in [3.05, 3.63) is 24.5 Å². The molecule has 0 saturated carbocycles. The summed E-state index contributed by atoms with van der Waals surface area (Å²) >= 11 is 0. The van der Waals surface area contributed by atoms with Crippen molar-refractivity contribution in [2.45, 2.75) is 58.2 Å². The third-order valence-corrected chi connectivity index (χ3v) is 7.14. The first-order valence-corrected chi connectivity index (χ1v) is 13.4. The first kappa shape index (κ1) is 25.2. The van der Waals surface area contributed by atoms with Gasteiger partial charge in [0.2, 0.25) is 5.95 Å². The number of aliphatic hydroxyl groups excluding tert-OH is 1. The molecule has 37 heavy (non-hydrogen) atoms. The lowest BCUT2D eigenvalue weighted by atomic mass is 10.2. The topological polar surface area (TPSA) is 98.5 Å². The molecule has 0 radical (unpaired) electrons. The van der Waals surface area contributed by atoms with E-state index in [1.165, 1.54) is 0 Å². The highest BCUT2D eigenvalue weighted by Crippen LogP contribution is 2.27. The van der Waals surface area contributed by atoms with Gasteiger partial charge in [-0.15, -0.1) is 12.3 Å². The number of nitrogens with one attached hydrogen (secondary N) is 1. The number of pyridine rings is 1. The molecule has 2 aliphatic heterocycles. The summed E-state index contributed by atoms with van der Waals surface area (Å²) in [5, 5.41) is 19.5. The summed E-state index contributed by atoms with van der Waals surface area (Å²) in [5.41, 5.74) is 1.04. The average molecular weight is 504 g/mol. The van der Waals surface area contributed by atoms with Crippen LogP contribution in [0.25, 0.3) is 10.9 Å². The Morgan fingerprint density at radius 3 is 2.57 bits per heavy atom. The van der Waals surface area contributed by atoms with Crippen molar-refractivity contribution in [1.29, 1.82) is 0 Å². The number of rotatable bonds is 8. The molecule has 5 heterocycles. The minimum atomic E-state index is -0.501. The molecule has 0 aromatic carbocycles. The fraction of sp³-hybridized carbons (Fsp3) is 0.556. The van der Waals surface area contributed by atoms with E-state index in [1.807, 2.05) is 29.2 Å². The Balaban J connectivity index is 1.40. The van der Waals surface area contributed by atoms with E-state index in [-0.39, 0.29) is 6.04 Å². The van der Waals surface area contributed by atoms with Crippen LogP contribution in [-0.2, 0) is 0 Å². The van der Waals surface area contributed by atoms with Crippen LogP contribution in [0.15, 0.2) is 24.5 Å². The third kappa shape index (κ3) is 5.78. The molecular formula is C27H37N9O. The number of hydrogen-bond donors (Lipinski definition) is 2. The van der Waals surface area contributed by atoms with Gasteiger partial charge in [0.1, 0.15) is 23.7 Å². The second-order valence-electron chi connectivity index (χ2n) is 10.1. The second-order valence-corrected chi connectivity index (χ2v) is 10.1. The molecule has 0 bridgehead atoms.